The fourth-order valence-electron chi connectivity index (χ4n) is 2.35. The topological polar surface area (TPSA) is 75.6 Å². The van der Waals surface area contributed by atoms with Crippen LogP contribution in [-0.4, -0.2) is 23.6 Å². The lowest BCUT2D eigenvalue weighted by Crippen LogP contribution is -2.14. The smallest absolute Gasteiger partial charge is 0.307 e. The summed E-state index contributed by atoms with van der Waals surface area (Å²) in [5.41, 5.74) is 1.80. The molecule has 5 nitrogen and oxygen atoms in total. The largest absolute Gasteiger partial charge is 0.492 e. The zero-order chi connectivity index (χ0) is 16.9. The molecule has 2 aromatic rings. The molecule has 1 fully saturated rings. The number of carbonyl (C=O) groups is 2. The minimum Gasteiger partial charge on any atom is -0.492 e. The van der Waals surface area contributed by atoms with Crippen LogP contribution in [0.3, 0.4) is 0 Å². The molecule has 0 saturated heterocycles. The first-order valence-corrected chi connectivity index (χ1v) is 7.96. The Bertz CT molecular complexity index is 735. The molecule has 0 spiro atoms. The highest BCUT2D eigenvalue weighted by atomic mass is 16.5. The Hall–Kier alpha value is -2.82. The summed E-state index contributed by atoms with van der Waals surface area (Å²) in [7, 11) is 0. The van der Waals surface area contributed by atoms with E-state index < -0.39 is 5.97 Å². The van der Waals surface area contributed by atoms with Crippen LogP contribution in [0.25, 0.3) is 0 Å². The van der Waals surface area contributed by atoms with Crippen molar-refractivity contribution in [2.45, 2.75) is 19.3 Å². The van der Waals surface area contributed by atoms with E-state index in [0.29, 0.717) is 35.1 Å². The van der Waals surface area contributed by atoms with Gasteiger partial charge in [-0.25, -0.2) is 0 Å². The number of benzene rings is 2. The number of aliphatic carboxylic acids is 1. The van der Waals surface area contributed by atoms with Gasteiger partial charge in [0.25, 0.3) is 5.91 Å². The van der Waals surface area contributed by atoms with E-state index in [1.807, 2.05) is 6.07 Å². The van der Waals surface area contributed by atoms with Gasteiger partial charge in [-0.1, -0.05) is 24.3 Å². The van der Waals surface area contributed by atoms with Gasteiger partial charge >= 0.3 is 5.97 Å². The van der Waals surface area contributed by atoms with Crippen LogP contribution in [0.4, 0.5) is 5.69 Å². The third kappa shape index (κ3) is 4.35. The van der Waals surface area contributed by atoms with Gasteiger partial charge in [0.05, 0.1) is 18.6 Å². The molecule has 2 aromatic carbocycles. The Morgan fingerprint density at radius 3 is 2.46 bits per heavy atom. The maximum absolute atomic E-state index is 12.5. The molecule has 0 aliphatic heterocycles. The lowest BCUT2D eigenvalue weighted by Gasteiger charge is -2.11. The summed E-state index contributed by atoms with van der Waals surface area (Å²) in [4.78, 5) is 23.2. The van der Waals surface area contributed by atoms with E-state index in [1.54, 1.807) is 42.5 Å². The first-order chi connectivity index (χ1) is 11.6. The van der Waals surface area contributed by atoms with Crippen LogP contribution in [0.1, 0.15) is 28.8 Å². The van der Waals surface area contributed by atoms with Crippen molar-refractivity contribution < 1.29 is 19.4 Å². The highest BCUT2D eigenvalue weighted by molar-refractivity contribution is 6.06. The zero-order valence-corrected chi connectivity index (χ0v) is 13.2. The van der Waals surface area contributed by atoms with E-state index in [4.69, 9.17) is 9.84 Å². The van der Waals surface area contributed by atoms with Gasteiger partial charge in [0.1, 0.15) is 5.75 Å². The molecule has 3 rings (SSSR count). The fourth-order valence-corrected chi connectivity index (χ4v) is 2.35. The molecular formula is C19H19NO4. The number of carboxylic acids is 1. The summed E-state index contributed by atoms with van der Waals surface area (Å²) in [5.74, 6) is 0.0770. The number of hydrogen-bond donors (Lipinski definition) is 2. The van der Waals surface area contributed by atoms with Crippen molar-refractivity contribution in [2.75, 3.05) is 11.9 Å². The molecule has 0 radical (unpaired) electrons. The summed E-state index contributed by atoms with van der Waals surface area (Å²) < 4.78 is 5.76. The van der Waals surface area contributed by atoms with Crippen molar-refractivity contribution in [2.24, 2.45) is 5.92 Å². The summed E-state index contributed by atoms with van der Waals surface area (Å²) in [6.45, 7) is 0.647. The van der Waals surface area contributed by atoms with Crippen LogP contribution in [0.2, 0.25) is 0 Å². The van der Waals surface area contributed by atoms with Crippen LogP contribution in [0.15, 0.2) is 48.5 Å². The second-order valence-electron chi connectivity index (χ2n) is 5.97. The molecule has 0 unspecified atom stereocenters. The molecule has 24 heavy (non-hydrogen) atoms. The summed E-state index contributed by atoms with van der Waals surface area (Å²) in [5, 5.41) is 11.6. The van der Waals surface area contributed by atoms with Crippen molar-refractivity contribution in [3.8, 4) is 5.75 Å². The quantitative estimate of drug-likeness (QED) is 0.818. The predicted octanol–water partition coefficient (Wildman–Crippen LogP) is 3.35. The maximum Gasteiger partial charge on any atom is 0.307 e. The molecule has 0 heterocycles. The van der Waals surface area contributed by atoms with E-state index in [0.717, 1.165) is 0 Å². The second kappa shape index (κ2) is 7.17. The Morgan fingerprint density at radius 2 is 1.79 bits per heavy atom. The second-order valence-corrected chi connectivity index (χ2v) is 5.97. The van der Waals surface area contributed by atoms with E-state index in [2.05, 4.69) is 5.32 Å². The normalized spacial score (nSPS) is 13.3. The molecule has 124 valence electrons. The molecule has 5 heteroatoms. The summed E-state index contributed by atoms with van der Waals surface area (Å²) in [6.07, 6.45) is 2.35. The van der Waals surface area contributed by atoms with Crippen molar-refractivity contribution in [3.05, 3.63) is 59.7 Å². The SMILES string of the molecule is O=C(O)Cc1ccc(NC(=O)c2ccccc2OCC2CC2)cc1. The number of carbonyl (C=O) groups excluding carboxylic acids is 1. The Kier molecular flexibility index (Phi) is 4.79. The average Bonchev–Trinajstić information content (AvgIpc) is 3.39. The average molecular weight is 325 g/mol. The highest BCUT2D eigenvalue weighted by Gasteiger charge is 2.23. The summed E-state index contributed by atoms with van der Waals surface area (Å²) in [6, 6.07) is 14.0. The van der Waals surface area contributed by atoms with Crippen LogP contribution >= 0.6 is 0 Å². The molecule has 0 aromatic heterocycles. The highest BCUT2D eigenvalue weighted by Crippen LogP contribution is 2.30. The number of para-hydroxylation sites is 1. The number of rotatable bonds is 7. The lowest BCUT2D eigenvalue weighted by molar-refractivity contribution is -0.136. The van der Waals surface area contributed by atoms with Gasteiger partial charge in [-0.2, -0.15) is 0 Å². The maximum atomic E-state index is 12.5. The molecule has 1 aliphatic carbocycles. The third-order valence-electron chi connectivity index (χ3n) is 3.87. The van der Waals surface area contributed by atoms with Crippen molar-refractivity contribution in [1.82, 2.24) is 0 Å². The molecule has 1 amide bonds. The molecule has 1 aliphatic rings. The van der Waals surface area contributed by atoms with Crippen LogP contribution in [0.5, 0.6) is 5.75 Å². The minimum atomic E-state index is -0.881. The monoisotopic (exact) mass is 325 g/mol. The van der Waals surface area contributed by atoms with Gasteiger partial charge in [-0.05, 0) is 48.6 Å². The molecule has 1 saturated carbocycles. The van der Waals surface area contributed by atoms with E-state index in [-0.39, 0.29) is 12.3 Å². The van der Waals surface area contributed by atoms with E-state index in [9.17, 15) is 9.59 Å². The Morgan fingerprint density at radius 1 is 1.08 bits per heavy atom. The number of ether oxygens (including phenoxy) is 1. The predicted molar refractivity (Wildman–Crippen MR) is 90.4 cm³/mol. The van der Waals surface area contributed by atoms with Gasteiger partial charge in [-0.15, -0.1) is 0 Å². The molecule has 0 bridgehead atoms. The fraction of sp³-hybridized carbons (Fsp3) is 0.263. The number of carboxylic acid groups (broad SMARTS) is 1. The standard InChI is InChI=1S/C19H19NO4/c21-18(22)11-13-7-9-15(10-8-13)20-19(23)16-3-1-2-4-17(16)24-12-14-5-6-14/h1-4,7-10,14H,5-6,11-12H2,(H,20,23)(H,21,22). The van der Waals surface area contributed by atoms with E-state index in [1.165, 1.54) is 12.8 Å². The summed E-state index contributed by atoms with van der Waals surface area (Å²) >= 11 is 0. The number of hydrogen-bond acceptors (Lipinski definition) is 3. The van der Waals surface area contributed by atoms with Gasteiger partial charge in [0, 0.05) is 5.69 Å². The minimum absolute atomic E-state index is 0.0356. The van der Waals surface area contributed by atoms with Crippen molar-refractivity contribution >= 4 is 17.6 Å². The lowest BCUT2D eigenvalue weighted by atomic mass is 10.1. The van der Waals surface area contributed by atoms with Gasteiger partial charge < -0.3 is 15.2 Å². The van der Waals surface area contributed by atoms with Crippen molar-refractivity contribution in [1.29, 1.82) is 0 Å². The number of nitrogens with one attached hydrogen (secondary N) is 1. The van der Waals surface area contributed by atoms with Crippen LogP contribution < -0.4 is 10.1 Å². The third-order valence-corrected chi connectivity index (χ3v) is 3.87. The van der Waals surface area contributed by atoms with Crippen LogP contribution in [0, 0.1) is 5.92 Å². The van der Waals surface area contributed by atoms with Gasteiger partial charge in [0.15, 0.2) is 0 Å². The Balaban J connectivity index is 1.66. The van der Waals surface area contributed by atoms with Crippen LogP contribution in [-0.2, 0) is 11.2 Å². The first kappa shape index (κ1) is 16.1. The van der Waals surface area contributed by atoms with Crippen molar-refractivity contribution in [3.63, 3.8) is 0 Å². The molecular weight excluding hydrogens is 306 g/mol. The van der Waals surface area contributed by atoms with Gasteiger partial charge in [0.2, 0.25) is 0 Å². The Labute approximate surface area is 140 Å². The molecule has 2 N–H and O–H groups in total. The first-order valence-electron chi connectivity index (χ1n) is 7.96. The van der Waals surface area contributed by atoms with E-state index >= 15 is 0 Å². The molecule has 0 atom stereocenters. The van der Waals surface area contributed by atoms with Gasteiger partial charge in [-0.3, -0.25) is 9.59 Å². The zero-order valence-electron chi connectivity index (χ0n) is 13.2. The number of anilines is 1. The number of amides is 1.